The first-order valence-electron chi connectivity index (χ1n) is 11.2. The van der Waals surface area contributed by atoms with Crippen molar-refractivity contribution in [2.45, 2.75) is 65.0 Å². The molecule has 0 unspecified atom stereocenters. The van der Waals surface area contributed by atoms with Crippen LogP contribution in [0.4, 0.5) is 0 Å². The van der Waals surface area contributed by atoms with Crippen molar-refractivity contribution in [3.8, 4) is 0 Å². The van der Waals surface area contributed by atoms with Crippen LogP contribution in [-0.4, -0.2) is 45.8 Å². The number of hydrogen-bond donors (Lipinski definition) is 2. The van der Waals surface area contributed by atoms with Gasteiger partial charge >= 0.3 is 0 Å². The summed E-state index contributed by atoms with van der Waals surface area (Å²) >= 11 is 1.70. The molecule has 1 heterocycles. The summed E-state index contributed by atoms with van der Waals surface area (Å²) in [4.78, 5) is 21.3. The van der Waals surface area contributed by atoms with E-state index in [0.717, 1.165) is 29.1 Å². The predicted molar refractivity (Wildman–Crippen MR) is 123 cm³/mol. The number of aryl methyl sites for hydroxylation is 1. The number of nitrogens with zero attached hydrogens (tertiary/aromatic N) is 2. The summed E-state index contributed by atoms with van der Waals surface area (Å²) in [6.45, 7) is 6.83. The molecule has 0 aliphatic heterocycles. The second-order valence-corrected chi connectivity index (χ2v) is 11.3. The smallest absolute Gasteiger partial charge is 0.223 e. The lowest BCUT2D eigenvalue weighted by Crippen LogP contribution is -2.57. The highest BCUT2D eigenvalue weighted by Crippen LogP contribution is 2.62. The van der Waals surface area contributed by atoms with Crippen molar-refractivity contribution >= 4 is 17.2 Å². The van der Waals surface area contributed by atoms with Gasteiger partial charge in [-0.05, 0) is 43.1 Å². The molecule has 0 bridgehead atoms. The van der Waals surface area contributed by atoms with Crippen LogP contribution in [0.5, 0.6) is 0 Å². The monoisotopic (exact) mass is 442 g/mol. The van der Waals surface area contributed by atoms with E-state index < -0.39 is 11.5 Å². The van der Waals surface area contributed by atoms with Crippen LogP contribution in [0.25, 0.3) is 0 Å². The molecule has 0 spiro atoms. The Morgan fingerprint density at radius 3 is 2.68 bits per heavy atom. The molecule has 1 saturated carbocycles. The number of aliphatic hydroxyl groups is 2. The fourth-order valence-corrected chi connectivity index (χ4v) is 7.09. The molecule has 31 heavy (non-hydrogen) atoms. The fraction of sp³-hybridized carbons (Fsp3) is 0.600. The molecule has 0 radical (unpaired) electrons. The SMILES string of the molecule is Cc1nc2c(s1)C[C@@H]1[C@](C)(CO)[C@H](O)CC[C@@]1(C)[C@@H]2CC(=O)N(C)Cc1ccccc1. The number of amides is 1. The quantitative estimate of drug-likeness (QED) is 0.736. The zero-order chi connectivity index (χ0) is 22.4. The van der Waals surface area contributed by atoms with E-state index in [1.165, 1.54) is 4.88 Å². The highest BCUT2D eigenvalue weighted by atomic mass is 32.1. The molecule has 5 atom stereocenters. The summed E-state index contributed by atoms with van der Waals surface area (Å²) in [6, 6.07) is 10.1. The van der Waals surface area contributed by atoms with Crippen LogP contribution in [0.3, 0.4) is 0 Å². The van der Waals surface area contributed by atoms with E-state index in [2.05, 4.69) is 6.92 Å². The van der Waals surface area contributed by atoms with E-state index in [4.69, 9.17) is 4.98 Å². The van der Waals surface area contributed by atoms with Crippen LogP contribution in [0, 0.1) is 23.7 Å². The van der Waals surface area contributed by atoms with Crippen molar-refractivity contribution in [1.82, 2.24) is 9.88 Å². The van der Waals surface area contributed by atoms with Crippen LogP contribution in [0.1, 0.15) is 60.2 Å². The van der Waals surface area contributed by atoms with Gasteiger partial charge in [-0.1, -0.05) is 44.2 Å². The molecule has 1 fully saturated rings. The first kappa shape index (κ1) is 22.4. The normalized spacial score (nSPS) is 32.3. The van der Waals surface area contributed by atoms with Gasteiger partial charge in [0.25, 0.3) is 0 Å². The molecule has 1 amide bonds. The van der Waals surface area contributed by atoms with Gasteiger partial charge in [0.15, 0.2) is 0 Å². The zero-order valence-corrected chi connectivity index (χ0v) is 19.8. The van der Waals surface area contributed by atoms with E-state index in [1.807, 2.05) is 56.1 Å². The lowest BCUT2D eigenvalue weighted by atomic mass is 9.47. The fourth-order valence-electron chi connectivity index (χ4n) is 6.04. The Balaban J connectivity index is 1.65. The van der Waals surface area contributed by atoms with Gasteiger partial charge in [-0.25, -0.2) is 4.98 Å². The van der Waals surface area contributed by atoms with Crippen molar-refractivity contribution in [1.29, 1.82) is 0 Å². The highest BCUT2D eigenvalue weighted by Gasteiger charge is 2.59. The Hall–Kier alpha value is -1.76. The zero-order valence-electron chi connectivity index (χ0n) is 19.0. The summed E-state index contributed by atoms with van der Waals surface area (Å²) in [5.41, 5.74) is 1.43. The molecular weight excluding hydrogens is 408 g/mol. The lowest BCUT2D eigenvalue weighted by Gasteiger charge is -2.58. The van der Waals surface area contributed by atoms with E-state index in [0.29, 0.717) is 19.4 Å². The van der Waals surface area contributed by atoms with Gasteiger partial charge in [-0.2, -0.15) is 0 Å². The highest BCUT2D eigenvalue weighted by molar-refractivity contribution is 7.11. The van der Waals surface area contributed by atoms with Crippen LogP contribution in [0.2, 0.25) is 0 Å². The summed E-state index contributed by atoms with van der Waals surface area (Å²) in [5.74, 6) is 0.220. The largest absolute Gasteiger partial charge is 0.396 e. The summed E-state index contributed by atoms with van der Waals surface area (Å²) in [5, 5.41) is 22.1. The average molecular weight is 443 g/mol. The first-order valence-corrected chi connectivity index (χ1v) is 12.0. The molecule has 2 aliphatic carbocycles. The van der Waals surface area contributed by atoms with Crippen molar-refractivity contribution in [2.24, 2.45) is 16.7 Å². The number of carbonyl (C=O) groups excluding carboxylic acids is 1. The molecule has 168 valence electrons. The Morgan fingerprint density at radius 2 is 2.00 bits per heavy atom. The van der Waals surface area contributed by atoms with E-state index in [9.17, 15) is 15.0 Å². The molecule has 1 aromatic heterocycles. The van der Waals surface area contributed by atoms with Crippen LogP contribution in [0.15, 0.2) is 30.3 Å². The van der Waals surface area contributed by atoms with Gasteiger partial charge in [0.2, 0.25) is 5.91 Å². The third-order valence-corrected chi connectivity index (χ3v) is 9.08. The summed E-state index contributed by atoms with van der Waals surface area (Å²) < 4.78 is 0. The van der Waals surface area contributed by atoms with Crippen molar-refractivity contribution in [3.63, 3.8) is 0 Å². The molecule has 0 saturated heterocycles. The van der Waals surface area contributed by atoms with E-state index in [1.54, 1.807) is 11.3 Å². The molecule has 2 N–H and O–H groups in total. The first-order chi connectivity index (χ1) is 14.7. The molecule has 4 rings (SSSR count). The van der Waals surface area contributed by atoms with Gasteiger partial charge < -0.3 is 15.1 Å². The molecule has 5 nitrogen and oxygen atoms in total. The van der Waals surface area contributed by atoms with Crippen molar-refractivity contribution < 1.29 is 15.0 Å². The van der Waals surface area contributed by atoms with Crippen molar-refractivity contribution in [3.05, 3.63) is 51.5 Å². The predicted octanol–water partition coefficient (Wildman–Crippen LogP) is 3.92. The Morgan fingerprint density at radius 1 is 1.29 bits per heavy atom. The average Bonchev–Trinajstić information content (AvgIpc) is 3.13. The van der Waals surface area contributed by atoms with Gasteiger partial charge in [0.05, 0.1) is 23.4 Å². The second kappa shape index (κ2) is 8.30. The molecular formula is C25H34N2O3S. The van der Waals surface area contributed by atoms with Crippen LogP contribution >= 0.6 is 11.3 Å². The maximum absolute atomic E-state index is 13.3. The Kier molecular flexibility index (Phi) is 6.01. The van der Waals surface area contributed by atoms with Crippen molar-refractivity contribution in [2.75, 3.05) is 13.7 Å². The van der Waals surface area contributed by atoms with Gasteiger partial charge in [-0.3, -0.25) is 4.79 Å². The van der Waals surface area contributed by atoms with Gasteiger partial charge in [-0.15, -0.1) is 11.3 Å². The number of aromatic nitrogens is 1. The molecule has 6 heteroatoms. The number of hydrogen-bond acceptors (Lipinski definition) is 5. The molecule has 2 aromatic rings. The lowest BCUT2D eigenvalue weighted by molar-refractivity contribution is -0.147. The third-order valence-electron chi connectivity index (χ3n) is 8.07. The minimum atomic E-state index is -0.570. The molecule has 2 aliphatic rings. The van der Waals surface area contributed by atoms with Gasteiger partial charge in [0.1, 0.15) is 0 Å². The van der Waals surface area contributed by atoms with E-state index in [-0.39, 0.29) is 29.8 Å². The minimum absolute atomic E-state index is 0.00435. The topological polar surface area (TPSA) is 73.7 Å². The number of thiazole rings is 1. The van der Waals surface area contributed by atoms with Crippen LogP contribution < -0.4 is 0 Å². The number of benzene rings is 1. The standard InChI is InChI=1S/C25H34N2O3S/c1-16-26-23-18(12-22(30)27(4)14-17-8-6-5-7-9-17)24(2)11-10-21(29)25(3,15-28)20(24)13-19(23)31-16/h5-9,18,20-21,28-29H,10-15H2,1-4H3/t18-,20+,21-,24+,25+/m1/s1. The Bertz CT molecular complexity index is 945. The molecule has 1 aromatic carbocycles. The van der Waals surface area contributed by atoms with Gasteiger partial charge in [0, 0.05) is 36.2 Å². The second-order valence-electron chi connectivity index (χ2n) is 10.0. The maximum Gasteiger partial charge on any atom is 0.223 e. The number of aliphatic hydroxyl groups excluding tert-OH is 2. The van der Waals surface area contributed by atoms with Crippen LogP contribution in [-0.2, 0) is 17.8 Å². The number of fused-ring (bicyclic) bond motifs is 2. The number of rotatable bonds is 5. The summed E-state index contributed by atoms with van der Waals surface area (Å²) in [7, 11) is 1.87. The number of carbonyl (C=O) groups is 1. The minimum Gasteiger partial charge on any atom is -0.396 e. The van der Waals surface area contributed by atoms with E-state index >= 15 is 0 Å². The summed E-state index contributed by atoms with van der Waals surface area (Å²) in [6.07, 6.45) is 2.18. The Labute approximate surface area is 189 Å². The third kappa shape index (κ3) is 3.83. The maximum atomic E-state index is 13.3.